The summed E-state index contributed by atoms with van der Waals surface area (Å²) in [6.07, 6.45) is 1.81. The molecule has 0 fully saturated rings. The van der Waals surface area contributed by atoms with Gasteiger partial charge in [-0.25, -0.2) is 0 Å². The molecule has 0 bridgehead atoms. The monoisotopic (exact) mass is 387 g/mol. The fourth-order valence-corrected chi connectivity index (χ4v) is 4.02. The Labute approximate surface area is 176 Å². The lowest BCUT2D eigenvalue weighted by Gasteiger charge is -2.36. The zero-order valence-corrected chi connectivity index (χ0v) is 16.5. The Morgan fingerprint density at radius 3 is 1.53 bits per heavy atom. The highest BCUT2D eigenvalue weighted by atomic mass is 16.5. The molecule has 1 aromatic heterocycles. The fourth-order valence-electron chi connectivity index (χ4n) is 4.02. The maximum atomic E-state index is 7.01. The van der Waals surface area contributed by atoms with Gasteiger partial charge in [-0.1, -0.05) is 109 Å². The Kier molecular flexibility index (Phi) is 4.74. The van der Waals surface area contributed by atoms with Gasteiger partial charge in [-0.3, -0.25) is 4.98 Å². The molecule has 5 rings (SSSR count). The highest BCUT2D eigenvalue weighted by Gasteiger charge is 2.39. The third kappa shape index (κ3) is 3.13. The molecule has 0 aliphatic carbocycles. The van der Waals surface area contributed by atoms with Crippen molar-refractivity contribution in [1.82, 2.24) is 4.98 Å². The van der Waals surface area contributed by atoms with Crippen molar-refractivity contribution in [2.24, 2.45) is 0 Å². The van der Waals surface area contributed by atoms with Crippen LogP contribution in [0.15, 0.2) is 128 Å². The minimum Gasteiger partial charge on any atom is -0.471 e. The van der Waals surface area contributed by atoms with Gasteiger partial charge < -0.3 is 4.74 Å². The normalized spacial score (nSPS) is 11.3. The smallest absolute Gasteiger partial charge is 0.184 e. The van der Waals surface area contributed by atoms with Crippen LogP contribution in [0.4, 0.5) is 0 Å². The van der Waals surface area contributed by atoms with E-state index in [2.05, 4.69) is 89.9 Å². The van der Waals surface area contributed by atoms with E-state index in [9.17, 15) is 0 Å². The van der Waals surface area contributed by atoms with Crippen LogP contribution in [0, 0.1) is 0 Å². The summed E-state index contributed by atoms with van der Waals surface area (Å²) in [7, 11) is 0. The first-order valence-corrected chi connectivity index (χ1v) is 10.1. The number of hydrogen-bond acceptors (Lipinski definition) is 2. The van der Waals surface area contributed by atoms with Gasteiger partial charge in [0.15, 0.2) is 5.60 Å². The average Bonchev–Trinajstić information content (AvgIpc) is 2.84. The van der Waals surface area contributed by atoms with Crippen LogP contribution in [-0.4, -0.2) is 4.98 Å². The van der Waals surface area contributed by atoms with Crippen molar-refractivity contribution in [3.05, 3.63) is 144 Å². The van der Waals surface area contributed by atoms with Crippen LogP contribution in [0.5, 0.6) is 5.75 Å². The van der Waals surface area contributed by atoms with Crippen LogP contribution in [0.2, 0.25) is 0 Å². The predicted molar refractivity (Wildman–Crippen MR) is 122 cm³/mol. The van der Waals surface area contributed by atoms with E-state index in [1.807, 2.05) is 42.6 Å². The molecule has 0 spiro atoms. The molecule has 0 unspecified atom stereocenters. The summed E-state index contributed by atoms with van der Waals surface area (Å²) in [4.78, 5) is 4.62. The molecule has 30 heavy (non-hydrogen) atoms. The number of hydrogen-bond donors (Lipinski definition) is 0. The molecular formula is C28H21NO. The fraction of sp³-hybridized carbons (Fsp3) is 0.0357. The van der Waals surface area contributed by atoms with Gasteiger partial charge in [0.1, 0.15) is 11.3 Å². The van der Waals surface area contributed by atoms with Crippen molar-refractivity contribution in [2.75, 3.05) is 0 Å². The molecule has 0 radical (unpaired) electrons. The maximum absolute atomic E-state index is 7.01. The third-order valence-corrected chi connectivity index (χ3v) is 5.40. The molecule has 0 amide bonds. The van der Waals surface area contributed by atoms with E-state index in [0.29, 0.717) is 0 Å². The molecule has 0 aliphatic rings. The van der Waals surface area contributed by atoms with Crippen molar-refractivity contribution < 1.29 is 4.74 Å². The number of rotatable bonds is 5. The van der Waals surface area contributed by atoms with E-state index in [0.717, 1.165) is 33.3 Å². The number of nitrogens with zero attached hydrogens (tertiary/aromatic N) is 1. The molecule has 1 heterocycles. The summed E-state index contributed by atoms with van der Waals surface area (Å²) in [5.41, 5.74) is 3.24. The molecule has 0 saturated heterocycles. The summed E-state index contributed by atoms with van der Waals surface area (Å²) in [5.74, 6) is 0.754. The van der Waals surface area contributed by atoms with E-state index in [1.54, 1.807) is 0 Å². The Hall–Kier alpha value is -3.91. The molecule has 0 N–H and O–H groups in total. The lowest BCUT2D eigenvalue weighted by molar-refractivity contribution is 0.157. The second kappa shape index (κ2) is 7.84. The van der Waals surface area contributed by atoms with Crippen molar-refractivity contribution in [3.63, 3.8) is 0 Å². The molecule has 144 valence electrons. The third-order valence-electron chi connectivity index (χ3n) is 5.40. The Balaban J connectivity index is 1.82. The van der Waals surface area contributed by atoms with Gasteiger partial charge in [-0.2, -0.15) is 0 Å². The largest absolute Gasteiger partial charge is 0.471 e. The van der Waals surface area contributed by atoms with Crippen molar-refractivity contribution in [2.45, 2.75) is 5.60 Å². The van der Waals surface area contributed by atoms with Gasteiger partial charge in [0.25, 0.3) is 0 Å². The van der Waals surface area contributed by atoms with Crippen molar-refractivity contribution in [1.29, 1.82) is 0 Å². The molecule has 2 nitrogen and oxygen atoms in total. The molecule has 5 aromatic rings. The summed E-state index contributed by atoms with van der Waals surface area (Å²) in [6, 6.07) is 41.3. The van der Waals surface area contributed by atoms with Crippen LogP contribution in [-0.2, 0) is 5.60 Å². The first-order chi connectivity index (χ1) is 14.9. The van der Waals surface area contributed by atoms with Crippen LogP contribution in [0.1, 0.15) is 16.7 Å². The molecular weight excluding hydrogens is 366 g/mol. The summed E-state index contributed by atoms with van der Waals surface area (Å²) < 4.78 is 7.01. The van der Waals surface area contributed by atoms with Gasteiger partial charge in [0.2, 0.25) is 0 Å². The van der Waals surface area contributed by atoms with Crippen LogP contribution >= 0.6 is 0 Å². The standard InChI is InChI=1S/C28H21NO/c1-4-14-23(15-5-1)28(24-16-6-2-7-17-24,25-18-8-3-9-19-25)30-26-20-10-12-22-13-11-21-29-27(22)26/h1-21H. The maximum Gasteiger partial charge on any atom is 0.184 e. The lowest BCUT2D eigenvalue weighted by atomic mass is 9.80. The summed E-state index contributed by atoms with van der Waals surface area (Å²) in [6.45, 7) is 0. The molecule has 2 heteroatoms. The van der Waals surface area contributed by atoms with Crippen molar-refractivity contribution >= 4 is 10.9 Å². The van der Waals surface area contributed by atoms with Crippen LogP contribution < -0.4 is 4.74 Å². The zero-order valence-electron chi connectivity index (χ0n) is 16.5. The van der Waals surface area contributed by atoms with E-state index in [4.69, 9.17) is 4.74 Å². The van der Waals surface area contributed by atoms with Gasteiger partial charge >= 0.3 is 0 Å². The van der Waals surface area contributed by atoms with E-state index in [1.165, 1.54) is 0 Å². The summed E-state index contributed by atoms with van der Waals surface area (Å²) >= 11 is 0. The average molecular weight is 387 g/mol. The van der Waals surface area contributed by atoms with E-state index < -0.39 is 5.60 Å². The highest BCUT2D eigenvalue weighted by Crippen LogP contribution is 2.42. The van der Waals surface area contributed by atoms with Gasteiger partial charge in [-0.15, -0.1) is 0 Å². The number of aromatic nitrogens is 1. The zero-order chi connectivity index (χ0) is 20.2. The second-order valence-electron chi connectivity index (χ2n) is 7.21. The second-order valence-corrected chi connectivity index (χ2v) is 7.21. The number of fused-ring (bicyclic) bond motifs is 1. The van der Waals surface area contributed by atoms with E-state index in [-0.39, 0.29) is 0 Å². The number of pyridine rings is 1. The predicted octanol–water partition coefficient (Wildman–Crippen LogP) is 6.61. The number of para-hydroxylation sites is 1. The van der Waals surface area contributed by atoms with E-state index >= 15 is 0 Å². The highest BCUT2D eigenvalue weighted by molar-refractivity contribution is 5.84. The lowest BCUT2D eigenvalue weighted by Crippen LogP contribution is -2.36. The minimum atomic E-state index is -0.810. The van der Waals surface area contributed by atoms with Crippen LogP contribution in [0.3, 0.4) is 0 Å². The first kappa shape index (κ1) is 18.1. The molecule has 0 aliphatic heterocycles. The topological polar surface area (TPSA) is 22.1 Å². The van der Waals surface area contributed by atoms with Gasteiger partial charge in [-0.05, 0) is 12.1 Å². The Bertz CT molecular complexity index is 1150. The Morgan fingerprint density at radius 1 is 0.500 bits per heavy atom. The first-order valence-electron chi connectivity index (χ1n) is 10.1. The summed E-state index contributed by atoms with van der Waals surface area (Å²) in [5, 5.41) is 1.05. The molecule has 0 saturated carbocycles. The molecule has 4 aromatic carbocycles. The quantitative estimate of drug-likeness (QED) is 0.317. The van der Waals surface area contributed by atoms with Gasteiger partial charge in [0, 0.05) is 28.3 Å². The van der Waals surface area contributed by atoms with Crippen molar-refractivity contribution in [3.8, 4) is 5.75 Å². The minimum absolute atomic E-state index is 0.754. The molecule has 0 atom stereocenters. The Morgan fingerprint density at radius 2 is 1.00 bits per heavy atom. The van der Waals surface area contributed by atoms with Crippen LogP contribution in [0.25, 0.3) is 10.9 Å². The number of ether oxygens (including phenoxy) is 1. The van der Waals surface area contributed by atoms with Gasteiger partial charge in [0.05, 0.1) is 0 Å². The number of benzene rings is 4. The SMILES string of the molecule is c1ccc(C(Oc2cccc3cccnc23)(c2ccccc2)c2ccccc2)cc1.